The molecule has 0 heterocycles. The fourth-order valence-electron chi connectivity index (χ4n) is 1.76. The van der Waals surface area contributed by atoms with Crippen molar-refractivity contribution >= 4 is 11.6 Å². The van der Waals surface area contributed by atoms with Crippen LogP contribution < -0.4 is 0 Å². The molecule has 2 aromatic carbocycles. The molecule has 2 rings (SSSR count). The van der Waals surface area contributed by atoms with Gasteiger partial charge in [-0.15, -0.1) is 0 Å². The lowest BCUT2D eigenvalue weighted by atomic mass is 9.99. The van der Waals surface area contributed by atoms with Crippen LogP contribution in [0.2, 0.25) is 5.02 Å². The third-order valence-corrected chi connectivity index (χ3v) is 3.09. The van der Waals surface area contributed by atoms with Crippen molar-refractivity contribution in [3.8, 4) is 0 Å². The fourth-order valence-corrected chi connectivity index (χ4v) is 1.94. The molecule has 0 aliphatic carbocycles. The highest BCUT2D eigenvalue weighted by Crippen LogP contribution is 2.30. The van der Waals surface area contributed by atoms with E-state index in [1.165, 1.54) is 31.2 Å². The van der Waals surface area contributed by atoms with Crippen LogP contribution in [0.25, 0.3) is 0 Å². The number of hydrogen-bond acceptors (Lipinski definition) is 1. The summed E-state index contributed by atoms with van der Waals surface area (Å²) < 4.78 is 40.8. The summed E-state index contributed by atoms with van der Waals surface area (Å²) in [6.45, 7) is 1.40. The Bertz CT molecular complexity index is 628. The molecule has 1 nitrogen and oxygen atoms in total. The van der Waals surface area contributed by atoms with Crippen molar-refractivity contribution in [2.75, 3.05) is 0 Å². The lowest BCUT2D eigenvalue weighted by Crippen LogP contribution is -2.07. The van der Waals surface area contributed by atoms with Gasteiger partial charge in [0.25, 0.3) is 0 Å². The molecule has 2 aromatic rings. The van der Waals surface area contributed by atoms with E-state index in [-0.39, 0.29) is 21.7 Å². The van der Waals surface area contributed by atoms with E-state index in [1.54, 1.807) is 0 Å². The number of aryl methyl sites for hydroxylation is 1. The van der Waals surface area contributed by atoms with Gasteiger partial charge >= 0.3 is 0 Å². The van der Waals surface area contributed by atoms with Gasteiger partial charge in [-0.2, -0.15) is 0 Å². The van der Waals surface area contributed by atoms with E-state index >= 15 is 0 Å². The minimum atomic E-state index is -1.62. The van der Waals surface area contributed by atoms with Crippen molar-refractivity contribution in [2.45, 2.75) is 13.0 Å². The first kappa shape index (κ1) is 13.9. The van der Waals surface area contributed by atoms with Crippen molar-refractivity contribution in [3.63, 3.8) is 0 Å². The second-order valence-corrected chi connectivity index (χ2v) is 4.60. The van der Waals surface area contributed by atoms with Crippen molar-refractivity contribution in [3.05, 3.63) is 69.5 Å². The molecule has 19 heavy (non-hydrogen) atoms. The minimum absolute atomic E-state index is 0.111. The standard InChI is InChI=1S/C14H10ClF3O/c1-7-2-4-9(13(18)12(7)17)14(19)10-6-8(15)3-5-11(10)16/h2-6,14,19H,1H3. The number of benzene rings is 2. The molecule has 0 saturated heterocycles. The van der Waals surface area contributed by atoms with Crippen LogP contribution in [-0.4, -0.2) is 5.11 Å². The van der Waals surface area contributed by atoms with Gasteiger partial charge in [-0.05, 0) is 30.7 Å². The summed E-state index contributed by atoms with van der Waals surface area (Å²) in [6.07, 6.45) is -1.62. The Balaban J connectivity index is 2.53. The van der Waals surface area contributed by atoms with Gasteiger partial charge in [0, 0.05) is 16.1 Å². The monoisotopic (exact) mass is 286 g/mol. The largest absolute Gasteiger partial charge is 0.383 e. The third kappa shape index (κ3) is 2.60. The number of halogens is 4. The molecule has 0 bridgehead atoms. The summed E-state index contributed by atoms with van der Waals surface area (Å²) in [5.74, 6) is -2.98. The van der Waals surface area contributed by atoms with Gasteiger partial charge in [0.15, 0.2) is 11.6 Å². The highest BCUT2D eigenvalue weighted by Gasteiger charge is 2.21. The summed E-state index contributed by atoms with van der Waals surface area (Å²) in [5.41, 5.74) is -0.418. The molecule has 1 unspecified atom stereocenters. The van der Waals surface area contributed by atoms with E-state index < -0.39 is 23.6 Å². The van der Waals surface area contributed by atoms with E-state index in [9.17, 15) is 18.3 Å². The quantitative estimate of drug-likeness (QED) is 0.879. The molecule has 5 heteroatoms. The summed E-state index contributed by atoms with van der Waals surface area (Å²) in [4.78, 5) is 0. The number of hydrogen-bond donors (Lipinski definition) is 1. The predicted octanol–water partition coefficient (Wildman–Crippen LogP) is 4.15. The molecule has 0 aliphatic heterocycles. The van der Waals surface area contributed by atoms with Crippen LogP contribution >= 0.6 is 11.6 Å². The number of rotatable bonds is 2. The van der Waals surface area contributed by atoms with Crippen molar-refractivity contribution < 1.29 is 18.3 Å². The molecular formula is C14H10ClF3O. The molecule has 100 valence electrons. The second kappa shape index (κ2) is 5.23. The maximum atomic E-state index is 13.7. The molecular weight excluding hydrogens is 277 g/mol. The number of aliphatic hydroxyl groups excluding tert-OH is 1. The summed E-state index contributed by atoms with van der Waals surface area (Å²) >= 11 is 5.70. The Morgan fingerprint density at radius 2 is 1.68 bits per heavy atom. The van der Waals surface area contributed by atoms with Gasteiger partial charge in [-0.1, -0.05) is 23.7 Å². The van der Waals surface area contributed by atoms with Gasteiger partial charge in [-0.3, -0.25) is 0 Å². The van der Waals surface area contributed by atoms with Crippen molar-refractivity contribution in [1.29, 1.82) is 0 Å². The highest BCUT2D eigenvalue weighted by atomic mass is 35.5. The Hall–Kier alpha value is -1.52. The van der Waals surface area contributed by atoms with Crippen molar-refractivity contribution in [2.24, 2.45) is 0 Å². The fraction of sp³-hybridized carbons (Fsp3) is 0.143. The predicted molar refractivity (Wildman–Crippen MR) is 66.6 cm³/mol. The smallest absolute Gasteiger partial charge is 0.165 e. The van der Waals surface area contributed by atoms with Gasteiger partial charge < -0.3 is 5.11 Å². The van der Waals surface area contributed by atoms with Crippen LogP contribution in [0.1, 0.15) is 22.8 Å². The molecule has 0 aromatic heterocycles. The van der Waals surface area contributed by atoms with E-state index in [4.69, 9.17) is 11.6 Å². The normalized spacial score (nSPS) is 12.5. The van der Waals surface area contributed by atoms with Crippen LogP contribution in [0.5, 0.6) is 0 Å². The Morgan fingerprint density at radius 1 is 1.00 bits per heavy atom. The second-order valence-electron chi connectivity index (χ2n) is 4.17. The highest BCUT2D eigenvalue weighted by molar-refractivity contribution is 6.30. The molecule has 0 fully saturated rings. The zero-order chi connectivity index (χ0) is 14.2. The van der Waals surface area contributed by atoms with Crippen LogP contribution in [0.15, 0.2) is 30.3 Å². The van der Waals surface area contributed by atoms with Crippen LogP contribution in [0.4, 0.5) is 13.2 Å². The Kier molecular flexibility index (Phi) is 3.83. The summed E-state index contributed by atoms with van der Waals surface area (Å²) in [5, 5.41) is 10.2. The summed E-state index contributed by atoms with van der Waals surface area (Å²) in [7, 11) is 0. The van der Waals surface area contributed by atoms with Crippen LogP contribution in [-0.2, 0) is 0 Å². The molecule has 1 atom stereocenters. The molecule has 0 spiro atoms. The van der Waals surface area contributed by atoms with Gasteiger partial charge in [0.05, 0.1) is 0 Å². The van der Waals surface area contributed by atoms with Crippen molar-refractivity contribution in [1.82, 2.24) is 0 Å². The zero-order valence-corrected chi connectivity index (χ0v) is 10.7. The van der Waals surface area contributed by atoms with Gasteiger partial charge in [0.1, 0.15) is 11.9 Å². The van der Waals surface area contributed by atoms with Gasteiger partial charge in [0.2, 0.25) is 0 Å². The first-order valence-electron chi connectivity index (χ1n) is 5.49. The molecule has 0 saturated carbocycles. The van der Waals surface area contributed by atoms with Crippen LogP contribution in [0, 0.1) is 24.4 Å². The maximum absolute atomic E-state index is 13.7. The zero-order valence-electron chi connectivity index (χ0n) is 9.92. The molecule has 0 aliphatic rings. The SMILES string of the molecule is Cc1ccc(C(O)c2cc(Cl)ccc2F)c(F)c1F. The minimum Gasteiger partial charge on any atom is -0.383 e. The average molecular weight is 287 g/mol. The van der Waals surface area contributed by atoms with Gasteiger partial charge in [-0.25, -0.2) is 13.2 Å². The topological polar surface area (TPSA) is 20.2 Å². The molecule has 0 radical (unpaired) electrons. The molecule has 0 amide bonds. The van der Waals surface area contributed by atoms with E-state index in [0.717, 1.165) is 6.07 Å². The third-order valence-electron chi connectivity index (χ3n) is 2.85. The average Bonchev–Trinajstić information content (AvgIpc) is 2.38. The Morgan fingerprint density at radius 3 is 2.37 bits per heavy atom. The van der Waals surface area contributed by atoms with E-state index in [1.807, 2.05) is 0 Å². The molecule has 1 N–H and O–H groups in total. The number of aliphatic hydroxyl groups is 1. The maximum Gasteiger partial charge on any atom is 0.165 e. The first-order valence-corrected chi connectivity index (χ1v) is 5.87. The van der Waals surface area contributed by atoms with E-state index in [2.05, 4.69) is 0 Å². The van der Waals surface area contributed by atoms with Crippen LogP contribution in [0.3, 0.4) is 0 Å². The lowest BCUT2D eigenvalue weighted by molar-refractivity contribution is 0.208. The lowest BCUT2D eigenvalue weighted by Gasteiger charge is -2.14. The first-order chi connectivity index (χ1) is 8.91. The summed E-state index contributed by atoms with van der Waals surface area (Å²) in [6, 6.07) is 6.08. The van der Waals surface area contributed by atoms with E-state index in [0.29, 0.717) is 0 Å². The Labute approximate surface area is 113 Å².